The van der Waals surface area contributed by atoms with Crippen LogP contribution in [-0.4, -0.2) is 36.5 Å². The zero-order valence-electron chi connectivity index (χ0n) is 14.4. The van der Waals surface area contributed by atoms with E-state index in [0.717, 1.165) is 12.1 Å². The molecule has 1 heterocycles. The number of carbonyl (C=O) groups excluding carboxylic acids is 1. The minimum Gasteiger partial charge on any atom is -0.357 e. The van der Waals surface area contributed by atoms with E-state index < -0.39 is 0 Å². The van der Waals surface area contributed by atoms with E-state index in [4.69, 9.17) is 23.2 Å². The number of guanidine groups is 1. The van der Waals surface area contributed by atoms with E-state index >= 15 is 0 Å². The van der Waals surface area contributed by atoms with Crippen LogP contribution in [-0.2, 0) is 6.54 Å². The molecule has 0 bridgehead atoms. The fourth-order valence-corrected chi connectivity index (χ4v) is 2.58. The lowest BCUT2D eigenvalue weighted by Gasteiger charge is -2.12. The van der Waals surface area contributed by atoms with E-state index in [2.05, 4.69) is 25.9 Å². The normalized spacial score (nSPS) is 11.1. The summed E-state index contributed by atoms with van der Waals surface area (Å²) in [5.41, 5.74) is 1.42. The van der Waals surface area contributed by atoms with Gasteiger partial charge in [0.2, 0.25) is 0 Å². The average Bonchev–Trinajstić information content (AvgIpc) is 2.64. The number of carbonyl (C=O) groups is 1. The zero-order chi connectivity index (χ0) is 18.8. The second-order valence-electron chi connectivity index (χ2n) is 5.36. The van der Waals surface area contributed by atoms with Crippen LogP contribution in [0.5, 0.6) is 0 Å². The molecule has 0 saturated heterocycles. The number of halogens is 2. The van der Waals surface area contributed by atoms with Crippen LogP contribution < -0.4 is 16.0 Å². The molecular weight excluding hydrogens is 373 g/mol. The lowest BCUT2D eigenvalue weighted by Crippen LogP contribution is -2.41. The molecule has 6 nitrogen and oxygen atoms in total. The third-order valence-corrected chi connectivity index (χ3v) is 3.98. The third-order valence-electron chi connectivity index (χ3n) is 3.39. The Kier molecular flexibility index (Phi) is 8.18. The lowest BCUT2D eigenvalue weighted by molar-refractivity contribution is 0.0954. The number of pyridine rings is 1. The quantitative estimate of drug-likeness (QED) is 0.383. The fourth-order valence-electron chi connectivity index (χ4n) is 2.11. The summed E-state index contributed by atoms with van der Waals surface area (Å²) >= 11 is 12.1. The summed E-state index contributed by atoms with van der Waals surface area (Å²) in [4.78, 5) is 20.4. The molecule has 1 aromatic heterocycles. The SMILES string of the molecule is CCNC(=NCc1ccc(Cl)cc1Cl)NCCNC(=O)c1cccnc1. The Morgan fingerprint density at radius 3 is 2.65 bits per heavy atom. The van der Waals surface area contributed by atoms with Crippen molar-refractivity contribution < 1.29 is 4.79 Å². The first-order valence-electron chi connectivity index (χ1n) is 8.24. The van der Waals surface area contributed by atoms with Crippen molar-refractivity contribution in [3.63, 3.8) is 0 Å². The van der Waals surface area contributed by atoms with Gasteiger partial charge in [0.05, 0.1) is 12.1 Å². The van der Waals surface area contributed by atoms with Gasteiger partial charge in [-0.15, -0.1) is 0 Å². The van der Waals surface area contributed by atoms with Crippen LogP contribution in [0, 0.1) is 0 Å². The Labute approximate surface area is 163 Å². The molecule has 0 radical (unpaired) electrons. The molecule has 8 heteroatoms. The molecule has 0 unspecified atom stereocenters. The number of aromatic nitrogens is 1. The molecular formula is C18H21Cl2N5O. The highest BCUT2D eigenvalue weighted by Gasteiger charge is 2.05. The van der Waals surface area contributed by atoms with Gasteiger partial charge in [-0.1, -0.05) is 29.3 Å². The number of nitrogens with zero attached hydrogens (tertiary/aromatic N) is 2. The zero-order valence-corrected chi connectivity index (χ0v) is 15.9. The number of rotatable bonds is 7. The molecule has 0 aliphatic heterocycles. The van der Waals surface area contributed by atoms with E-state index in [1.54, 1.807) is 30.5 Å². The van der Waals surface area contributed by atoms with Crippen LogP contribution in [0.2, 0.25) is 10.0 Å². The second kappa shape index (κ2) is 10.6. The number of aliphatic imine (C=N–C) groups is 1. The van der Waals surface area contributed by atoms with Crippen molar-refractivity contribution >= 4 is 35.1 Å². The summed E-state index contributed by atoms with van der Waals surface area (Å²) in [5, 5.41) is 10.3. The van der Waals surface area contributed by atoms with Gasteiger partial charge in [-0.25, -0.2) is 4.99 Å². The molecule has 3 N–H and O–H groups in total. The molecule has 0 atom stereocenters. The molecule has 1 aromatic carbocycles. The summed E-state index contributed by atoms with van der Waals surface area (Å²) in [6.07, 6.45) is 3.16. The minimum atomic E-state index is -0.158. The predicted molar refractivity (Wildman–Crippen MR) is 106 cm³/mol. The maximum absolute atomic E-state index is 11.9. The van der Waals surface area contributed by atoms with Crippen LogP contribution in [0.4, 0.5) is 0 Å². The monoisotopic (exact) mass is 393 g/mol. The standard InChI is InChI=1S/C18H21Cl2N5O/c1-2-22-18(25-12-13-5-6-15(19)10-16(13)20)24-9-8-23-17(26)14-4-3-7-21-11-14/h3-7,10-11H,2,8-9,12H2,1H3,(H,23,26)(H2,22,24,25). The molecule has 0 aliphatic rings. The molecule has 0 spiro atoms. The highest BCUT2D eigenvalue weighted by molar-refractivity contribution is 6.35. The molecule has 2 rings (SSSR count). The average molecular weight is 394 g/mol. The Morgan fingerprint density at radius 2 is 1.96 bits per heavy atom. The van der Waals surface area contributed by atoms with Gasteiger partial charge in [0, 0.05) is 42.1 Å². The fraction of sp³-hybridized carbons (Fsp3) is 0.278. The number of amides is 1. The maximum atomic E-state index is 11.9. The van der Waals surface area contributed by atoms with Crippen LogP contribution in [0.15, 0.2) is 47.7 Å². The highest BCUT2D eigenvalue weighted by atomic mass is 35.5. The van der Waals surface area contributed by atoms with E-state index in [0.29, 0.717) is 41.2 Å². The van der Waals surface area contributed by atoms with E-state index in [-0.39, 0.29) is 5.91 Å². The Bertz CT molecular complexity index is 753. The largest absolute Gasteiger partial charge is 0.357 e. The summed E-state index contributed by atoms with van der Waals surface area (Å²) in [6.45, 7) is 4.12. The van der Waals surface area contributed by atoms with Crippen molar-refractivity contribution in [3.8, 4) is 0 Å². The maximum Gasteiger partial charge on any atom is 0.252 e. The topological polar surface area (TPSA) is 78.4 Å². The van der Waals surface area contributed by atoms with Crippen LogP contribution in [0.25, 0.3) is 0 Å². The lowest BCUT2D eigenvalue weighted by atomic mass is 10.2. The van der Waals surface area contributed by atoms with Gasteiger partial charge in [-0.3, -0.25) is 9.78 Å². The molecule has 2 aromatic rings. The first-order chi connectivity index (χ1) is 12.6. The molecule has 0 aliphatic carbocycles. The minimum absolute atomic E-state index is 0.158. The van der Waals surface area contributed by atoms with Gasteiger partial charge in [0.25, 0.3) is 5.91 Å². The van der Waals surface area contributed by atoms with Crippen molar-refractivity contribution in [1.82, 2.24) is 20.9 Å². The van der Waals surface area contributed by atoms with Crippen LogP contribution in [0.1, 0.15) is 22.8 Å². The van der Waals surface area contributed by atoms with E-state index in [9.17, 15) is 4.79 Å². The first-order valence-corrected chi connectivity index (χ1v) is 9.00. The van der Waals surface area contributed by atoms with Gasteiger partial charge in [-0.2, -0.15) is 0 Å². The third kappa shape index (κ3) is 6.54. The smallest absolute Gasteiger partial charge is 0.252 e. The van der Waals surface area contributed by atoms with Crippen molar-refractivity contribution in [2.24, 2.45) is 4.99 Å². The predicted octanol–water partition coefficient (Wildman–Crippen LogP) is 2.87. The van der Waals surface area contributed by atoms with E-state index in [1.807, 2.05) is 13.0 Å². The molecule has 1 amide bonds. The van der Waals surface area contributed by atoms with Crippen molar-refractivity contribution in [1.29, 1.82) is 0 Å². The number of hydrogen-bond donors (Lipinski definition) is 3. The van der Waals surface area contributed by atoms with Crippen molar-refractivity contribution in [3.05, 3.63) is 63.9 Å². The summed E-state index contributed by atoms with van der Waals surface area (Å²) in [6, 6.07) is 8.78. The highest BCUT2D eigenvalue weighted by Crippen LogP contribution is 2.21. The van der Waals surface area contributed by atoms with Crippen molar-refractivity contribution in [2.75, 3.05) is 19.6 Å². The molecule has 26 heavy (non-hydrogen) atoms. The Hall–Kier alpha value is -2.31. The summed E-state index contributed by atoms with van der Waals surface area (Å²) < 4.78 is 0. The summed E-state index contributed by atoms with van der Waals surface area (Å²) in [7, 11) is 0. The molecule has 0 saturated carbocycles. The van der Waals surface area contributed by atoms with Gasteiger partial charge < -0.3 is 16.0 Å². The van der Waals surface area contributed by atoms with Gasteiger partial charge >= 0.3 is 0 Å². The number of nitrogens with one attached hydrogen (secondary N) is 3. The van der Waals surface area contributed by atoms with Gasteiger partial charge in [0.15, 0.2) is 5.96 Å². The second-order valence-corrected chi connectivity index (χ2v) is 6.20. The van der Waals surface area contributed by atoms with E-state index in [1.165, 1.54) is 6.20 Å². The molecule has 0 fully saturated rings. The number of hydrogen-bond acceptors (Lipinski definition) is 3. The van der Waals surface area contributed by atoms with Gasteiger partial charge in [0.1, 0.15) is 0 Å². The Morgan fingerprint density at radius 1 is 1.15 bits per heavy atom. The summed E-state index contributed by atoms with van der Waals surface area (Å²) in [5.74, 6) is 0.490. The first kappa shape index (κ1) is 20.0. The number of benzene rings is 1. The van der Waals surface area contributed by atoms with Crippen LogP contribution in [0.3, 0.4) is 0 Å². The van der Waals surface area contributed by atoms with Crippen molar-refractivity contribution in [2.45, 2.75) is 13.5 Å². The molecule has 138 valence electrons. The van der Waals surface area contributed by atoms with Crippen LogP contribution >= 0.6 is 23.2 Å². The Balaban J connectivity index is 1.82. The van der Waals surface area contributed by atoms with Gasteiger partial charge in [-0.05, 0) is 36.8 Å².